The van der Waals surface area contributed by atoms with Crippen LogP contribution in [0.25, 0.3) is 5.57 Å². The van der Waals surface area contributed by atoms with E-state index in [0.29, 0.717) is 19.6 Å². The summed E-state index contributed by atoms with van der Waals surface area (Å²) in [5.41, 5.74) is 4.05. The number of nitrogens with one attached hydrogen (secondary N) is 2. The summed E-state index contributed by atoms with van der Waals surface area (Å²) in [5, 5.41) is 5.22. The van der Waals surface area contributed by atoms with Crippen molar-refractivity contribution in [1.82, 2.24) is 5.32 Å². The predicted octanol–water partition coefficient (Wildman–Crippen LogP) is 4.65. The maximum Gasteiger partial charge on any atom is 0.286 e. The molecule has 2 aromatic rings. The number of hydrogen-bond acceptors (Lipinski definition) is 6. The van der Waals surface area contributed by atoms with Crippen molar-refractivity contribution in [1.29, 1.82) is 0 Å². The lowest BCUT2D eigenvalue weighted by Crippen LogP contribution is -2.32. The summed E-state index contributed by atoms with van der Waals surface area (Å²) in [5.74, 6) is 1.37. The van der Waals surface area contributed by atoms with Crippen molar-refractivity contribution in [3.05, 3.63) is 59.7 Å². The lowest BCUT2D eigenvalue weighted by Gasteiger charge is -2.32. The molecule has 1 unspecified atom stereocenters. The molecule has 0 saturated carbocycles. The van der Waals surface area contributed by atoms with Gasteiger partial charge in [0.2, 0.25) is 5.91 Å². The highest BCUT2D eigenvalue weighted by atomic mass is 32.2. The molecule has 2 aliphatic rings. The Labute approximate surface area is 186 Å². The van der Waals surface area contributed by atoms with Gasteiger partial charge in [0.15, 0.2) is 0 Å². The molecule has 2 aromatic carbocycles. The van der Waals surface area contributed by atoms with Gasteiger partial charge in [-0.05, 0) is 68.7 Å². The van der Waals surface area contributed by atoms with Gasteiger partial charge < -0.3 is 14.8 Å². The number of ether oxygens (including phenoxy) is 2. The number of thioether (sulfide) groups is 1. The molecular weight excluding hydrogens is 412 g/mol. The number of amides is 2. The third kappa shape index (κ3) is 5.05. The Hall–Kier alpha value is -2.93. The van der Waals surface area contributed by atoms with Crippen LogP contribution in [0.3, 0.4) is 0 Å². The number of fused-ring (bicyclic) bond motifs is 1. The van der Waals surface area contributed by atoms with Crippen LogP contribution in [0.2, 0.25) is 0 Å². The largest absolute Gasteiger partial charge is 0.494 e. The van der Waals surface area contributed by atoms with E-state index in [9.17, 15) is 9.59 Å². The number of benzene rings is 2. The van der Waals surface area contributed by atoms with Gasteiger partial charge in [0, 0.05) is 11.3 Å². The number of anilines is 1. The molecule has 31 heavy (non-hydrogen) atoms. The van der Waals surface area contributed by atoms with E-state index < -0.39 is 0 Å². The quantitative estimate of drug-likeness (QED) is 0.656. The van der Waals surface area contributed by atoms with E-state index in [4.69, 9.17) is 9.47 Å². The van der Waals surface area contributed by atoms with E-state index in [1.54, 1.807) is 0 Å². The second kappa shape index (κ2) is 8.67. The molecule has 2 heterocycles. The summed E-state index contributed by atoms with van der Waals surface area (Å²) in [4.78, 5) is 23.1. The van der Waals surface area contributed by atoms with Gasteiger partial charge in [-0.1, -0.05) is 30.0 Å². The summed E-state index contributed by atoms with van der Waals surface area (Å²) >= 11 is 1.05. The molecule has 7 heteroatoms. The highest BCUT2D eigenvalue weighted by Crippen LogP contribution is 2.36. The molecular formula is C24H26N2O4S. The zero-order valence-electron chi connectivity index (χ0n) is 17.9. The van der Waals surface area contributed by atoms with Crippen LogP contribution in [0.15, 0.2) is 48.5 Å². The van der Waals surface area contributed by atoms with Gasteiger partial charge in [0.25, 0.3) is 5.24 Å². The molecule has 2 N–H and O–H groups in total. The van der Waals surface area contributed by atoms with Crippen LogP contribution in [-0.4, -0.2) is 35.1 Å². The zero-order valence-corrected chi connectivity index (χ0v) is 18.7. The van der Waals surface area contributed by atoms with Gasteiger partial charge >= 0.3 is 0 Å². The summed E-state index contributed by atoms with van der Waals surface area (Å²) in [7, 11) is 0. The SMILES string of the molecule is CCOc1ccc2c(c1)C(COc1ccc(CC3SC(=O)NC3=O)cc1)=CC(C)(C)N2. The first-order valence-electron chi connectivity index (χ1n) is 10.3. The summed E-state index contributed by atoms with van der Waals surface area (Å²) in [6.45, 7) is 7.28. The maximum absolute atomic E-state index is 11.8. The Kier molecular flexibility index (Phi) is 5.96. The number of carbonyl (C=O) groups is 2. The van der Waals surface area contributed by atoms with E-state index in [-0.39, 0.29) is 21.9 Å². The van der Waals surface area contributed by atoms with E-state index >= 15 is 0 Å². The Balaban J connectivity index is 1.45. The van der Waals surface area contributed by atoms with Crippen LogP contribution in [0.1, 0.15) is 31.9 Å². The van der Waals surface area contributed by atoms with Crippen LogP contribution >= 0.6 is 11.8 Å². The van der Waals surface area contributed by atoms with E-state index in [2.05, 4.69) is 30.6 Å². The fourth-order valence-corrected chi connectivity index (χ4v) is 4.65. The number of hydrogen-bond donors (Lipinski definition) is 2. The van der Waals surface area contributed by atoms with E-state index in [0.717, 1.165) is 45.6 Å². The first-order valence-corrected chi connectivity index (χ1v) is 11.2. The lowest BCUT2D eigenvalue weighted by molar-refractivity contribution is -0.118. The van der Waals surface area contributed by atoms with Crippen molar-refractivity contribution >= 4 is 34.2 Å². The first kappa shape index (κ1) is 21.3. The van der Waals surface area contributed by atoms with Crippen molar-refractivity contribution < 1.29 is 19.1 Å². The molecule has 2 amide bonds. The fraction of sp³-hybridized carbons (Fsp3) is 0.333. The third-order valence-electron chi connectivity index (χ3n) is 5.15. The number of rotatable bonds is 7. The molecule has 1 fully saturated rings. The normalized spacial score (nSPS) is 19.2. The first-order chi connectivity index (χ1) is 14.8. The van der Waals surface area contributed by atoms with Gasteiger partial charge in [-0.15, -0.1) is 0 Å². The second-order valence-corrected chi connectivity index (χ2v) is 9.35. The van der Waals surface area contributed by atoms with Crippen molar-refractivity contribution in [3.63, 3.8) is 0 Å². The van der Waals surface area contributed by atoms with E-state index in [1.807, 2.05) is 49.4 Å². The topological polar surface area (TPSA) is 76.7 Å². The predicted molar refractivity (Wildman–Crippen MR) is 124 cm³/mol. The zero-order chi connectivity index (χ0) is 22.0. The third-order valence-corrected chi connectivity index (χ3v) is 6.13. The van der Waals surface area contributed by atoms with Crippen LogP contribution in [-0.2, 0) is 11.2 Å². The molecule has 162 valence electrons. The van der Waals surface area contributed by atoms with Crippen LogP contribution in [0.5, 0.6) is 11.5 Å². The molecule has 2 aliphatic heterocycles. The van der Waals surface area contributed by atoms with Gasteiger partial charge in [0.05, 0.1) is 17.4 Å². The highest BCUT2D eigenvalue weighted by molar-refractivity contribution is 8.15. The van der Waals surface area contributed by atoms with Gasteiger partial charge in [0.1, 0.15) is 18.1 Å². The number of carbonyl (C=O) groups excluding carboxylic acids is 2. The van der Waals surface area contributed by atoms with Gasteiger partial charge in [-0.2, -0.15) is 0 Å². The summed E-state index contributed by atoms with van der Waals surface area (Å²) in [6, 6.07) is 13.8. The maximum atomic E-state index is 11.8. The van der Waals surface area contributed by atoms with Gasteiger partial charge in [-0.3, -0.25) is 14.9 Å². The average molecular weight is 439 g/mol. The van der Waals surface area contributed by atoms with Crippen LogP contribution in [0.4, 0.5) is 10.5 Å². The monoisotopic (exact) mass is 438 g/mol. The second-order valence-electron chi connectivity index (χ2n) is 8.18. The smallest absolute Gasteiger partial charge is 0.286 e. The highest BCUT2D eigenvalue weighted by Gasteiger charge is 2.31. The summed E-state index contributed by atoms with van der Waals surface area (Å²) in [6.07, 6.45) is 2.70. The minimum absolute atomic E-state index is 0.181. The van der Waals surface area contributed by atoms with Crippen LogP contribution in [0, 0.1) is 0 Å². The minimum Gasteiger partial charge on any atom is -0.494 e. The Morgan fingerprint density at radius 1 is 1.03 bits per heavy atom. The molecule has 0 radical (unpaired) electrons. The van der Waals surface area contributed by atoms with Crippen molar-refractivity contribution in [2.24, 2.45) is 0 Å². The minimum atomic E-state index is -0.363. The Morgan fingerprint density at radius 3 is 2.45 bits per heavy atom. The molecule has 6 nitrogen and oxygen atoms in total. The average Bonchev–Trinajstić information content (AvgIpc) is 3.04. The Morgan fingerprint density at radius 2 is 1.77 bits per heavy atom. The van der Waals surface area contributed by atoms with E-state index in [1.165, 1.54) is 0 Å². The number of imide groups is 1. The molecule has 0 aromatic heterocycles. The fourth-order valence-electron chi connectivity index (χ4n) is 3.79. The van der Waals surface area contributed by atoms with Crippen molar-refractivity contribution in [2.75, 3.05) is 18.5 Å². The van der Waals surface area contributed by atoms with Crippen molar-refractivity contribution in [3.8, 4) is 11.5 Å². The standard InChI is InChI=1S/C24H26N2O4S/c1-4-29-18-9-10-20-19(12-18)16(13-24(2,3)26-20)14-30-17-7-5-15(6-8-17)11-21-22(27)25-23(28)31-21/h5-10,12-13,21,26H,4,11,14H2,1-3H3,(H,25,27,28). The molecule has 0 aliphatic carbocycles. The summed E-state index contributed by atoms with van der Waals surface area (Å²) < 4.78 is 11.8. The molecule has 4 rings (SSSR count). The van der Waals surface area contributed by atoms with Crippen LogP contribution < -0.4 is 20.1 Å². The molecule has 1 atom stereocenters. The molecule has 0 bridgehead atoms. The van der Waals surface area contributed by atoms with Crippen molar-refractivity contribution in [2.45, 2.75) is 38.0 Å². The molecule has 0 spiro atoms. The Bertz CT molecular complexity index is 1030. The molecule has 1 saturated heterocycles. The lowest BCUT2D eigenvalue weighted by atomic mass is 9.90. The van der Waals surface area contributed by atoms with Gasteiger partial charge in [-0.25, -0.2) is 0 Å².